The summed E-state index contributed by atoms with van der Waals surface area (Å²) in [6.45, 7) is 7.81. The highest BCUT2D eigenvalue weighted by Gasteiger charge is 2.40. The van der Waals surface area contributed by atoms with Crippen LogP contribution in [0.3, 0.4) is 0 Å². The number of rotatable bonds is 4. The van der Waals surface area contributed by atoms with Gasteiger partial charge >= 0.3 is 0 Å². The molecule has 1 aromatic carbocycles. The standard InChI is InChI=1S/C21H29ClN4O/c1-2-23-20(26-10-6-21(15-26)7-11-27-12-8-21)24-9-5-16-14-25-19-4-3-17(22)13-18(16)19/h3-4,13-14,25H,2,5-12,15H2,1H3,(H,23,24). The number of aromatic nitrogens is 1. The molecule has 146 valence electrons. The minimum atomic E-state index is 0.433. The number of hydrogen-bond acceptors (Lipinski definition) is 2. The molecule has 2 aromatic rings. The van der Waals surface area contributed by atoms with Gasteiger partial charge in [0, 0.05) is 61.5 Å². The van der Waals surface area contributed by atoms with Crippen molar-refractivity contribution in [2.75, 3.05) is 39.4 Å². The molecule has 0 aliphatic carbocycles. The molecule has 0 atom stereocenters. The van der Waals surface area contributed by atoms with Gasteiger partial charge in [-0.1, -0.05) is 11.6 Å². The average molecular weight is 389 g/mol. The van der Waals surface area contributed by atoms with Crippen LogP contribution in [0, 0.1) is 5.41 Å². The second-order valence-electron chi connectivity index (χ2n) is 7.77. The number of halogens is 1. The van der Waals surface area contributed by atoms with E-state index in [4.69, 9.17) is 21.3 Å². The van der Waals surface area contributed by atoms with Crippen LogP contribution in [-0.4, -0.2) is 55.2 Å². The largest absolute Gasteiger partial charge is 0.381 e. The molecule has 0 unspecified atom stereocenters. The zero-order valence-electron chi connectivity index (χ0n) is 16.1. The van der Waals surface area contributed by atoms with Gasteiger partial charge in [-0.25, -0.2) is 0 Å². The molecule has 0 bridgehead atoms. The molecule has 0 amide bonds. The van der Waals surface area contributed by atoms with Crippen molar-refractivity contribution >= 4 is 28.5 Å². The third kappa shape index (κ3) is 4.09. The summed E-state index contributed by atoms with van der Waals surface area (Å²) in [7, 11) is 0. The van der Waals surface area contributed by atoms with Crippen LogP contribution in [0.15, 0.2) is 29.4 Å². The quantitative estimate of drug-likeness (QED) is 0.618. The molecule has 1 spiro atoms. The van der Waals surface area contributed by atoms with Gasteiger partial charge in [-0.05, 0) is 61.8 Å². The highest BCUT2D eigenvalue weighted by Crippen LogP contribution is 2.39. The number of fused-ring (bicyclic) bond motifs is 1. The number of benzene rings is 1. The van der Waals surface area contributed by atoms with E-state index in [-0.39, 0.29) is 0 Å². The Labute approximate surface area is 166 Å². The molecule has 2 N–H and O–H groups in total. The molecule has 5 nitrogen and oxygen atoms in total. The summed E-state index contributed by atoms with van der Waals surface area (Å²) in [5.41, 5.74) is 2.84. The number of guanidine groups is 1. The van der Waals surface area contributed by atoms with E-state index in [1.54, 1.807) is 0 Å². The molecule has 2 saturated heterocycles. The van der Waals surface area contributed by atoms with Crippen LogP contribution in [-0.2, 0) is 11.2 Å². The van der Waals surface area contributed by atoms with E-state index in [0.717, 1.165) is 62.3 Å². The number of nitrogens with one attached hydrogen (secondary N) is 2. The van der Waals surface area contributed by atoms with Crippen molar-refractivity contribution in [3.63, 3.8) is 0 Å². The maximum absolute atomic E-state index is 6.16. The van der Waals surface area contributed by atoms with E-state index in [1.807, 2.05) is 18.2 Å². The van der Waals surface area contributed by atoms with Crippen molar-refractivity contribution in [3.8, 4) is 0 Å². The first-order chi connectivity index (χ1) is 13.2. The number of H-pyrrole nitrogens is 1. The van der Waals surface area contributed by atoms with Crippen LogP contribution in [0.1, 0.15) is 31.7 Å². The fourth-order valence-electron chi connectivity index (χ4n) is 4.39. The molecular weight excluding hydrogens is 360 g/mol. The number of nitrogens with zero attached hydrogens (tertiary/aromatic N) is 2. The van der Waals surface area contributed by atoms with Gasteiger partial charge in [0.1, 0.15) is 0 Å². The molecule has 2 aliphatic heterocycles. The van der Waals surface area contributed by atoms with E-state index in [1.165, 1.54) is 30.2 Å². The number of likely N-dealkylation sites (tertiary alicyclic amines) is 1. The maximum atomic E-state index is 6.16. The monoisotopic (exact) mass is 388 g/mol. The number of aromatic amines is 1. The van der Waals surface area contributed by atoms with Crippen LogP contribution in [0.25, 0.3) is 10.9 Å². The van der Waals surface area contributed by atoms with E-state index >= 15 is 0 Å². The number of ether oxygens (including phenoxy) is 1. The highest BCUT2D eigenvalue weighted by atomic mass is 35.5. The predicted molar refractivity (Wildman–Crippen MR) is 112 cm³/mol. The summed E-state index contributed by atoms with van der Waals surface area (Å²) in [5.74, 6) is 1.05. The molecule has 2 fully saturated rings. The molecule has 0 saturated carbocycles. The van der Waals surface area contributed by atoms with Crippen LogP contribution in [0.4, 0.5) is 0 Å². The average Bonchev–Trinajstić information content (AvgIpc) is 3.26. The van der Waals surface area contributed by atoms with Crippen LogP contribution >= 0.6 is 11.6 Å². The first-order valence-corrected chi connectivity index (χ1v) is 10.4. The van der Waals surface area contributed by atoms with Gasteiger partial charge < -0.3 is 19.9 Å². The van der Waals surface area contributed by atoms with Gasteiger partial charge in [-0.2, -0.15) is 0 Å². The van der Waals surface area contributed by atoms with Gasteiger partial charge in [0.05, 0.1) is 0 Å². The van der Waals surface area contributed by atoms with Crippen LogP contribution in [0.5, 0.6) is 0 Å². The fraction of sp³-hybridized carbons (Fsp3) is 0.571. The minimum Gasteiger partial charge on any atom is -0.381 e. The third-order valence-electron chi connectivity index (χ3n) is 6.00. The van der Waals surface area contributed by atoms with Crippen molar-refractivity contribution in [3.05, 3.63) is 35.0 Å². The van der Waals surface area contributed by atoms with Crippen LogP contribution in [0.2, 0.25) is 5.02 Å². The maximum Gasteiger partial charge on any atom is 0.193 e. The number of hydrogen-bond donors (Lipinski definition) is 2. The normalized spacial score (nSPS) is 19.9. The second kappa shape index (κ2) is 8.11. The molecular formula is C21H29ClN4O. The lowest BCUT2D eigenvalue weighted by Gasteiger charge is -2.33. The SMILES string of the molecule is CCNC(=NCCc1c[nH]c2ccc(Cl)cc12)N1CCC2(CCOCC2)C1. The lowest BCUT2D eigenvalue weighted by atomic mass is 9.80. The Hall–Kier alpha value is -1.72. The first kappa shape index (κ1) is 18.6. The topological polar surface area (TPSA) is 52.7 Å². The third-order valence-corrected chi connectivity index (χ3v) is 6.23. The van der Waals surface area contributed by atoms with Gasteiger partial charge in [-0.15, -0.1) is 0 Å². The van der Waals surface area contributed by atoms with Crippen molar-refractivity contribution in [1.29, 1.82) is 0 Å². The molecule has 6 heteroatoms. The molecule has 27 heavy (non-hydrogen) atoms. The van der Waals surface area contributed by atoms with Gasteiger partial charge in [0.2, 0.25) is 0 Å². The van der Waals surface area contributed by atoms with E-state index in [0.29, 0.717) is 5.41 Å². The molecule has 0 radical (unpaired) electrons. The first-order valence-electron chi connectivity index (χ1n) is 10.1. The van der Waals surface area contributed by atoms with E-state index < -0.39 is 0 Å². The Morgan fingerprint density at radius 1 is 1.33 bits per heavy atom. The zero-order chi connectivity index (χ0) is 18.7. The van der Waals surface area contributed by atoms with Crippen molar-refractivity contribution in [2.45, 2.75) is 32.6 Å². The van der Waals surface area contributed by atoms with E-state index in [2.05, 4.69) is 28.3 Å². The van der Waals surface area contributed by atoms with Gasteiger partial charge in [0.25, 0.3) is 0 Å². The predicted octanol–water partition coefficient (Wildman–Crippen LogP) is 3.83. The summed E-state index contributed by atoms with van der Waals surface area (Å²) in [4.78, 5) is 10.7. The summed E-state index contributed by atoms with van der Waals surface area (Å²) in [6, 6.07) is 5.99. The second-order valence-corrected chi connectivity index (χ2v) is 8.21. The summed E-state index contributed by atoms with van der Waals surface area (Å²) in [5, 5.41) is 5.46. The summed E-state index contributed by atoms with van der Waals surface area (Å²) >= 11 is 6.16. The van der Waals surface area contributed by atoms with Crippen molar-refractivity contribution in [2.24, 2.45) is 10.4 Å². The Balaban J connectivity index is 1.42. The van der Waals surface area contributed by atoms with Crippen LogP contribution < -0.4 is 5.32 Å². The highest BCUT2D eigenvalue weighted by molar-refractivity contribution is 6.31. The van der Waals surface area contributed by atoms with Gasteiger partial charge in [0.15, 0.2) is 5.96 Å². The Bertz CT molecular complexity index is 810. The molecule has 3 heterocycles. The smallest absolute Gasteiger partial charge is 0.193 e. The summed E-state index contributed by atoms with van der Waals surface area (Å²) in [6.07, 6.45) is 6.60. The van der Waals surface area contributed by atoms with E-state index in [9.17, 15) is 0 Å². The van der Waals surface area contributed by atoms with Gasteiger partial charge in [-0.3, -0.25) is 4.99 Å². The lowest BCUT2D eigenvalue weighted by molar-refractivity contribution is 0.0217. The van der Waals surface area contributed by atoms with Crippen molar-refractivity contribution < 1.29 is 4.74 Å². The Morgan fingerprint density at radius 2 is 2.19 bits per heavy atom. The number of aliphatic imine (C=N–C) groups is 1. The Morgan fingerprint density at radius 3 is 3.00 bits per heavy atom. The fourth-order valence-corrected chi connectivity index (χ4v) is 4.57. The van der Waals surface area contributed by atoms with Crippen molar-refractivity contribution in [1.82, 2.24) is 15.2 Å². The lowest BCUT2D eigenvalue weighted by Crippen LogP contribution is -2.42. The summed E-state index contributed by atoms with van der Waals surface area (Å²) < 4.78 is 5.57. The zero-order valence-corrected chi connectivity index (χ0v) is 16.8. The molecule has 1 aromatic heterocycles. The molecule has 2 aliphatic rings. The minimum absolute atomic E-state index is 0.433. The molecule has 4 rings (SSSR count). The Kier molecular flexibility index (Phi) is 5.60.